The lowest BCUT2D eigenvalue weighted by molar-refractivity contribution is -0.141. The van der Waals surface area contributed by atoms with Gasteiger partial charge >= 0.3 is 5.97 Å². The number of carboxylic acids is 1. The summed E-state index contributed by atoms with van der Waals surface area (Å²) in [5, 5.41) is 16.1. The van der Waals surface area contributed by atoms with Gasteiger partial charge in [0, 0.05) is 56.2 Å². The maximum atomic E-state index is 13.0. The highest BCUT2D eigenvalue weighted by Gasteiger charge is 2.28. The minimum absolute atomic E-state index is 0.235. The summed E-state index contributed by atoms with van der Waals surface area (Å²) >= 11 is 0. The largest absolute Gasteiger partial charge is 0.481 e. The molecule has 0 fully saturated rings. The lowest BCUT2D eigenvalue weighted by Crippen LogP contribution is -2.50. The lowest BCUT2D eigenvalue weighted by atomic mass is 9.97. The Hall–Kier alpha value is -2.87. The molecule has 2 heterocycles. The number of fused-ring (bicyclic) bond motifs is 5. The number of aromatic nitrogens is 1. The number of nitrogens with one attached hydrogen (secondary N) is 2. The number of hydrogen-bond acceptors (Lipinski definition) is 4. The summed E-state index contributed by atoms with van der Waals surface area (Å²) in [5.74, 6) is -2.38. The molecule has 0 saturated carbocycles. The van der Waals surface area contributed by atoms with E-state index < -0.39 is 23.8 Å². The van der Waals surface area contributed by atoms with Crippen molar-refractivity contribution in [3.8, 4) is 0 Å². The van der Waals surface area contributed by atoms with Gasteiger partial charge in [0.05, 0.1) is 6.42 Å². The van der Waals surface area contributed by atoms with Crippen molar-refractivity contribution in [1.29, 1.82) is 0 Å². The Balaban J connectivity index is 1.84. The van der Waals surface area contributed by atoms with E-state index in [0.29, 0.717) is 32.4 Å². The second kappa shape index (κ2) is 11.7. The summed E-state index contributed by atoms with van der Waals surface area (Å²) in [6.45, 7) is 1.92. The van der Waals surface area contributed by atoms with Crippen molar-refractivity contribution >= 4 is 28.7 Å². The van der Waals surface area contributed by atoms with Crippen molar-refractivity contribution in [2.75, 3.05) is 20.3 Å². The van der Waals surface area contributed by atoms with Crippen LogP contribution in [0.25, 0.3) is 10.9 Å². The van der Waals surface area contributed by atoms with Gasteiger partial charge in [-0.25, -0.2) is 0 Å². The number of para-hydroxylation sites is 1. The molecule has 0 radical (unpaired) electrons. The standard InChI is InChI=1S/C24H33N3O5/c1-32-13-7-8-17(15-22(28)29)23(30)26-20-14-18-16-27(21-10-4-3-9-19(18)21)12-6-2-5-11-25-24(20)31/h3-4,9-10,16-17,20H,2,5-8,11-15H2,1H3,(H,25,31)(H,26,30)(H,28,29)/t17-,20?/m1/s1. The van der Waals surface area contributed by atoms with Crippen LogP contribution in [0.1, 0.15) is 44.1 Å². The van der Waals surface area contributed by atoms with Gasteiger partial charge in [-0.05, 0) is 43.7 Å². The van der Waals surface area contributed by atoms with Gasteiger partial charge in [0.15, 0.2) is 0 Å². The molecule has 0 aliphatic carbocycles. The predicted molar refractivity (Wildman–Crippen MR) is 121 cm³/mol. The topological polar surface area (TPSA) is 110 Å². The van der Waals surface area contributed by atoms with E-state index >= 15 is 0 Å². The second-order valence-electron chi connectivity index (χ2n) is 8.41. The van der Waals surface area contributed by atoms with Gasteiger partial charge in [0.25, 0.3) is 0 Å². The molecule has 2 amide bonds. The molecule has 1 aromatic carbocycles. The number of benzene rings is 1. The zero-order chi connectivity index (χ0) is 22.9. The highest BCUT2D eigenvalue weighted by atomic mass is 16.5. The fraction of sp³-hybridized carbons (Fsp3) is 0.542. The van der Waals surface area contributed by atoms with Crippen molar-refractivity contribution in [2.24, 2.45) is 5.92 Å². The molecule has 32 heavy (non-hydrogen) atoms. The van der Waals surface area contributed by atoms with E-state index in [0.717, 1.165) is 42.3 Å². The Labute approximate surface area is 188 Å². The molecule has 1 aromatic heterocycles. The Morgan fingerprint density at radius 3 is 2.88 bits per heavy atom. The zero-order valence-corrected chi connectivity index (χ0v) is 18.6. The van der Waals surface area contributed by atoms with Gasteiger partial charge in [-0.3, -0.25) is 14.4 Å². The van der Waals surface area contributed by atoms with E-state index in [-0.39, 0.29) is 12.3 Å². The average Bonchev–Trinajstić information content (AvgIpc) is 3.11. The van der Waals surface area contributed by atoms with Crippen LogP contribution in [0.2, 0.25) is 0 Å². The van der Waals surface area contributed by atoms with Crippen molar-refractivity contribution in [3.05, 3.63) is 36.0 Å². The van der Waals surface area contributed by atoms with Crippen LogP contribution in [0.3, 0.4) is 0 Å². The number of ether oxygens (including phenoxy) is 1. The summed E-state index contributed by atoms with van der Waals surface area (Å²) in [6, 6.07) is 7.32. The molecular formula is C24H33N3O5. The molecule has 8 nitrogen and oxygen atoms in total. The Bertz CT molecular complexity index is 939. The van der Waals surface area contributed by atoms with Gasteiger partial charge in [0.2, 0.25) is 11.8 Å². The molecule has 174 valence electrons. The average molecular weight is 444 g/mol. The second-order valence-corrected chi connectivity index (χ2v) is 8.41. The van der Waals surface area contributed by atoms with E-state index in [2.05, 4.69) is 27.5 Å². The van der Waals surface area contributed by atoms with Crippen LogP contribution in [-0.4, -0.2) is 53.8 Å². The normalized spacial score (nSPS) is 18.3. The molecule has 2 bridgehead atoms. The van der Waals surface area contributed by atoms with Crippen LogP contribution in [0.5, 0.6) is 0 Å². The van der Waals surface area contributed by atoms with Crippen LogP contribution < -0.4 is 10.6 Å². The number of carboxylic acid groups (broad SMARTS) is 1. The van der Waals surface area contributed by atoms with Gasteiger partial charge in [0.1, 0.15) is 6.04 Å². The van der Waals surface area contributed by atoms with E-state index in [9.17, 15) is 19.5 Å². The molecule has 1 aliphatic heterocycles. The van der Waals surface area contributed by atoms with Gasteiger partial charge in [-0.2, -0.15) is 0 Å². The lowest BCUT2D eigenvalue weighted by Gasteiger charge is -2.22. The van der Waals surface area contributed by atoms with Crippen molar-refractivity contribution in [3.63, 3.8) is 0 Å². The number of carbonyl (C=O) groups excluding carboxylic acids is 2. The minimum atomic E-state index is -1.03. The molecule has 3 rings (SSSR count). The van der Waals surface area contributed by atoms with E-state index in [1.54, 1.807) is 7.11 Å². The summed E-state index contributed by atoms with van der Waals surface area (Å²) in [6.07, 6.45) is 6.02. The van der Waals surface area contributed by atoms with Crippen LogP contribution >= 0.6 is 0 Å². The van der Waals surface area contributed by atoms with Crippen molar-refractivity contribution in [1.82, 2.24) is 15.2 Å². The molecule has 1 unspecified atom stereocenters. The molecule has 0 saturated heterocycles. The molecule has 0 spiro atoms. The summed E-state index contributed by atoms with van der Waals surface area (Å²) in [4.78, 5) is 37.2. The zero-order valence-electron chi connectivity index (χ0n) is 18.6. The fourth-order valence-electron chi connectivity index (χ4n) is 4.32. The maximum Gasteiger partial charge on any atom is 0.304 e. The quantitative estimate of drug-likeness (QED) is 0.543. The first-order valence-electron chi connectivity index (χ1n) is 11.3. The van der Waals surface area contributed by atoms with E-state index in [1.165, 1.54) is 0 Å². The first-order valence-corrected chi connectivity index (χ1v) is 11.3. The molecule has 3 N–H and O–H groups in total. The SMILES string of the molecule is COCCC[C@H](CC(=O)O)C(=O)NC1Cc2cn(c3ccccc23)CCCCCNC1=O. The molecule has 1 aliphatic rings. The fourth-order valence-corrected chi connectivity index (χ4v) is 4.32. The maximum absolute atomic E-state index is 13.0. The molecule has 2 aromatic rings. The van der Waals surface area contributed by atoms with Crippen LogP contribution in [0.15, 0.2) is 30.5 Å². The smallest absolute Gasteiger partial charge is 0.304 e. The summed E-state index contributed by atoms with van der Waals surface area (Å²) in [5.41, 5.74) is 2.12. The van der Waals surface area contributed by atoms with Crippen LogP contribution in [0.4, 0.5) is 0 Å². The van der Waals surface area contributed by atoms with Crippen LogP contribution in [-0.2, 0) is 32.1 Å². The number of rotatable bonds is 8. The highest BCUT2D eigenvalue weighted by Crippen LogP contribution is 2.24. The first kappa shape index (κ1) is 23.8. The van der Waals surface area contributed by atoms with E-state index in [4.69, 9.17) is 4.74 Å². The number of methoxy groups -OCH3 is 1. The first-order chi connectivity index (χ1) is 15.5. The number of amides is 2. The number of carbonyl (C=O) groups is 3. The monoisotopic (exact) mass is 443 g/mol. The van der Waals surface area contributed by atoms with Crippen LogP contribution in [0, 0.1) is 5.92 Å². The molecular weight excluding hydrogens is 410 g/mol. The van der Waals surface area contributed by atoms with Gasteiger partial charge in [-0.1, -0.05) is 18.2 Å². The van der Waals surface area contributed by atoms with Crippen molar-refractivity contribution < 1.29 is 24.2 Å². The predicted octanol–water partition coefficient (Wildman–Crippen LogP) is 2.49. The van der Waals surface area contributed by atoms with Gasteiger partial charge < -0.3 is 25.0 Å². The summed E-state index contributed by atoms with van der Waals surface area (Å²) < 4.78 is 7.26. The van der Waals surface area contributed by atoms with Gasteiger partial charge in [-0.15, -0.1) is 0 Å². The van der Waals surface area contributed by atoms with Crippen molar-refractivity contribution in [2.45, 2.75) is 57.5 Å². The number of nitrogens with zero attached hydrogens (tertiary/aromatic N) is 1. The number of hydrogen-bond donors (Lipinski definition) is 3. The minimum Gasteiger partial charge on any atom is -0.481 e. The Kier molecular flexibility index (Phi) is 8.67. The Morgan fingerprint density at radius 2 is 2.09 bits per heavy atom. The third kappa shape index (κ3) is 6.32. The third-order valence-corrected chi connectivity index (χ3v) is 6.00. The highest BCUT2D eigenvalue weighted by molar-refractivity contribution is 5.91. The Morgan fingerprint density at radius 1 is 1.28 bits per heavy atom. The number of aryl methyl sites for hydroxylation is 1. The molecule has 8 heteroatoms. The molecule has 2 atom stereocenters. The number of aliphatic carboxylic acids is 1. The summed E-state index contributed by atoms with van der Waals surface area (Å²) in [7, 11) is 1.57. The third-order valence-electron chi connectivity index (χ3n) is 6.00. The van der Waals surface area contributed by atoms with E-state index in [1.807, 2.05) is 18.2 Å².